The van der Waals surface area contributed by atoms with E-state index in [4.69, 9.17) is 0 Å². The van der Waals surface area contributed by atoms with E-state index in [0.717, 1.165) is 0 Å². The van der Waals surface area contributed by atoms with Gasteiger partial charge in [0.1, 0.15) is 0 Å². The Morgan fingerprint density at radius 1 is 1.23 bits per heavy atom. The van der Waals surface area contributed by atoms with E-state index >= 15 is 0 Å². The van der Waals surface area contributed by atoms with Crippen LogP contribution in [-0.4, -0.2) is 32.9 Å². The molecule has 10 nitrogen and oxygen atoms in total. The zero-order chi connectivity index (χ0) is 15.7. The molecule has 0 bridgehead atoms. The lowest BCUT2D eigenvalue weighted by molar-refractivity contribution is -0.384. The van der Waals surface area contributed by atoms with Gasteiger partial charge in [0.25, 0.3) is 26.6 Å². The van der Waals surface area contributed by atoms with Crippen LogP contribution in [0.1, 0.15) is 0 Å². The Balaban J connectivity index is 1.91. The number of nitrogens with zero attached hydrogens (tertiary/aromatic N) is 5. The van der Waals surface area contributed by atoms with E-state index in [-0.39, 0.29) is 17.2 Å². The monoisotopic (exact) mass is 320 g/mol. The Kier molecular flexibility index (Phi) is 3.18. The Bertz CT molecular complexity index is 917. The van der Waals surface area contributed by atoms with Gasteiger partial charge in [0.15, 0.2) is 0 Å². The lowest BCUT2D eigenvalue weighted by Crippen LogP contribution is -2.14. The molecule has 3 aromatic rings. The third kappa shape index (κ3) is 2.56. The normalized spacial score (nSPS) is 11.5. The second-order valence-electron chi connectivity index (χ2n) is 4.17. The number of sulfonamides is 1. The van der Waals surface area contributed by atoms with Gasteiger partial charge in [0, 0.05) is 30.2 Å². The minimum atomic E-state index is -4.01. The molecule has 1 N–H and O–H groups in total. The van der Waals surface area contributed by atoms with Crippen LogP contribution < -0.4 is 4.72 Å². The average molecular weight is 320 g/mol. The van der Waals surface area contributed by atoms with Crippen molar-refractivity contribution in [1.82, 2.24) is 19.6 Å². The summed E-state index contributed by atoms with van der Waals surface area (Å²) in [6, 6.07) is 6.53. The van der Waals surface area contributed by atoms with Gasteiger partial charge in [-0.25, -0.2) is 9.50 Å². The van der Waals surface area contributed by atoms with Gasteiger partial charge in [-0.15, -0.1) is 5.10 Å². The molecule has 0 saturated heterocycles. The Morgan fingerprint density at radius 3 is 2.59 bits per heavy atom. The molecule has 2 heterocycles. The van der Waals surface area contributed by atoms with E-state index in [2.05, 4.69) is 19.8 Å². The highest BCUT2D eigenvalue weighted by molar-refractivity contribution is 7.92. The number of hydrogen-bond acceptors (Lipinski definition) is 7. The summed E-state index contributed by atoms with van der Waals surface area (Å²) in [7, 11) is -4.01. The van der Waals surface area contributed by atoms with Crippen molar-refractivity contribution >= 4 is 27.2 Å². The van der Waals surface area contributed by atoms with Gasteiger partial charge >= 0.3 is 0 Å². The van der Waals surface area contributed by atoms with Crippen molar-refractivity contribution in [3.05, 3.63) is 52.8 Å². The number of anilines is 1. The van der Waals surface area contributed by atoms with E-state index in [0.29, 0.717) is 0 Å². The number of non-ortho nitro benzene ring substituents is 1. The zero-order valence-electron chi connectivity index (χ0n) is 10.8. The van der Waals surface area contributed by atoms with Gasteiger partial charge in [-0.2, -0.15) is 13.4 Å². The number of hydrogen-bond donors (Lipinski definition) is 1. The molecule has 1 aromatic carbocycles. The lowest BCUT2D eigenvalue weighted by atomic mass is 10.3. The molecule has 0 radical (unpaired) electrons. The predicted molar refractivity (Wildman–Crippen MR) is 74.7 cm³/mol. The Labute approximate surface area is 123 Å². The standard InChI is InChI=1S/C11H8N6O4S/c18-17(19)9-4-2-8(3-5-9)15-22(20,21)11-13-10-12-6-1-7-16(10)14-11/h1-7,15H. The van der Waals surface area contributed by atoms with Gasteiger partial charge in [-0.3, -0.25) is 14.8 Å². The van der Waals surface area contributed by atoms with E-state index in [1.54, 1.807) is 6.07 Å². The minimum absolute atomic E-state index is 0.141. The summed E-state index contributed by atoms with van der Waals surface area (Å²) in [5.41, 5.74) is 0.0235. The molecule has 0 amide bonds. The lowest BCUT2D eigenvalue weighted by Gasteiger charge is -2.03. The average Bonchev–Trinajstić information content (AvgIpc) is 2.92. The van der Waals surface area contributed by atoms with Crippen LogP contribution >= 0.6 is 0 Å². The summed E-state index contributed by atoms with van der Waals surface area (Å²) in [6.45, 7) is 0. The highest BCUT2D eigenvalue weighted by Gasteiger charge is 2.21. The SMILES string of the molecule is O=[N+]([O-])c1ccc(NS(=O)(=O)c2nc3ncccn3n2)cc1. The van der Waals surface area contributed by atoms with Gasteiger partial charge in [-0.05, 0) is 18.2 Å². The fourth-order valence-corrected chi connectivity index (χ4v) is 2.61. The molecule has 0 aliphatic carbocycles. The van der Waals surface area contributed by atoms with Crippen molar-refractivity contribution in [2.45, 2.75) is 5.16 Å². The minimum Gasteiger partial charge on any atom is -0.277 e. The predicted octanol–water partition coefficient (Wildman–Crippen LogP) is 0.833. The molecule has 11 heteroatoms. The van der Waals surface area contributed by atoms with Crippen molar-refractivity contribution in [3.8, 4) is 0 Å². The molecular formula is C11H8N6O4S. The molecule has 3 rings (SSSR count). The maximum Gasteiger partial charge on any atom is 0.299 e. The summed E-state index contributed by atoms with van der Waals surface area (Å²) in [6.07, 6.45) is 2.98. The molecular weight excluding hydrogens is 312 g/mol. The van der Waals surface area contributed by atoms with Crippen molar-refractivity contribution in [2.75, 3.05) is 4.72 Å². The second-order valence-corrected chi connectivity index (χ2v) is 5.74. The number of fused-ring (bicyclic) bond motifs is 1. The van der Waals surface area contributed by atoms with Crippen molar-refractivity contribution in [2.24, 2.45) is 0 Å². The number of nitro benzene ring substituents is 1. The fourth-order valence-electron chi connectivity index (χ4n) is 1.68. The van der Waals surface area contributed by atoms with Crippen LogP contribution in [0.5, 0.6) is 0 Å². The molecule has 0 spiro atoms. The molecule has 2 aromatic heterocycles. The van der Waals surface area contributed by atoms with E-state index in [1.807, 2.05) is 0 Å². The first kappa shape index (κ1) is 13.9. The first-order valence-corrected chi connectivity index (χ1v) is 7.39. The summed E-state index contributed by atoms with van der Waals surface area (Å²) in [5.74, 6) is 0.145. The maximum atomic E-state index is 12.2. The highest BCUT2D eigenvalue weighted by atomic mass is 32.2. The number of rotatable bonds is 4. The number of nitrogens with one attached hydrogen (secondary N) is 1. The number of aromatic nitrogens is 4. The third-order valence-electron chi connectivity index (χ3n) is 2.67. The van der Waals surface area contributed by atoms with Gasteiger partial charge < -0.3 is 0 Å². The van der Waals surface area contributed by atoms with Crippen LogP contribution in [0.15, 0.2) is 47.9 Å². The summed E-state index contributed by atoms with van der Waals surface area (Å²) in [5, 5.41) is 13.9. The van der Waals surface area contributed by atoms with Gasteiger partial charge in [0.2, 0.25) is 0 Å². The first-order chi connectivity index (χ1) is 10.5. The first-order valence-electron chi connectivity index (χ1n) is 5.90. The van der Waals surface area contributed by atoms with Crippen LogP contribution in [0.3, 0.4) is 0 Å². The van der Waals surface area contributed by atoms with Crippen LogP contribution in [0.2, 0.25) is 0 Å². The molecule has 0 aliphatic heterocycles. The van der Waals surface area contributed by atoms with E-state index in [1.165, 1.54) is 41.2 Å². The van der Waals surface area contributed by atoms with Crippen LogP contribution in [0.25, 0.3) is 5.78 Å². The van der Waals surface area contributed by atoms with Crippen molar-refractivity contribution in [3.63, 3.8) is 0 Å². The smallest absolute Gasteiger partial charge is 0.277 e. The largest absolute Gasteiger partial charge is 0.299 e. The topological polar surface area (TPSA) is 132 Å². The maximum absolute atomic E-state index is 12.2. The molecule has 0 fully saturated rings. The highest BCUT2D eigenvalue weighted by Crippen LogP contribution is 2.18. The van der Waals surface area contributed by atoms with Crippen LogP contribution in [0, 0.1) is 10.1 Å². The molecule has 0 unspecified atom stereocenters. The second kappa shape index (κ2) is 5.04. The van der Waals surface area contributed by atoms with Gasteiger partial charge in [-0.1, -0.05) is 0 Å². The molecule has 0 saturated carbocycles. The quantitative estimate of drug-likeness (QED) is 0.556. The molecule has 0 aliphatic rings. The zero-order valence-corrected chi connectivity index (χ0v) is 11.6. The summed E-state index contributed by atoms with van der Waals surface area (Å²) < 4.78 is 27.8. The van der Waals surface area contributed by atoms with Gasteiger partial charge in [0.05, 0.1) is 4.92 Å². The van der Waals surface area contributed by atoms with Crippen LogP contribution in [-0.2, 0) is 10.0 Å². The van der Waals surface area contributed by atoms with Crippen molar-refractivity contribution in [1.29, 1.82) is 0 Å². The van der Waals surface area contributed by atoms with Crippen LogP contribution in [0.4, 0.5) is 11.4 Å². The molecule has 22 heavy (non-hydrogen) atoms. The Hall–Kier alpha value is -3.08. The van der Waals surface area contributed by atoms with E-state index in [9.17, 15) is 18.5 Å². The molecule has 0 atom stereocenters. The number of nitro groups is 1. The number of benzene rings is 1. The van der Waals surface area contributed by atoms with E-state index < -0.39 is 20.1 Å². The Morgan fingerprint density at radius 2 is 1.95 bits per heavy atom. The third-order valence-corrected chi connectivity index (χ3v) is 3.83. The molecule has 112 valence electrons. The fraction of sp³-hybridized carbons (Fsp3) is 0. The summed E-state index contributed by atoms with van der Waals surface area (Å²) in [4.78, 5) is 17.7. The summed E-state index contributed by atoms with van der Waals surface area (Å²) >= 11 is 0. The van der Waals surface area contributed by atoms with Crippen molar-refractivity contribution < 1.29 is 13.3 Å².